The molecule has 1 aromatic carbocycles. The zero-order valence-corrected chi connectivity index (χ0v) is 9.99. The van der Waals surface area contributed by atoms with Gasteiger partial charge in [-0.2, -0.15) is 0 Å². The summed E-state index contributed by atoms with van der Waals surface area (Å²) in [6.07, 6.45) is 1.71. The number of para-hydroxylation sites is 1. The van der Waals surface area contributed by atoms with Crippen LogP contribution in [0.25, 0.3) is 11.3 Å². The van der Waals surface area contributed by atoms with Gasteiger partial charge in [-0.25, -0.2) is 0 Å². The van der Waals surface area contributed by atoms with Crippen LogP contribution in [0.3, 0.4) is 0 Å². The molecule has 2 nitrogen and oxygen atoms in total. The fourth-order valence-corrected chi connectivity index (χ4v) is 1.71. The van der Waals surface area contributed by atoms with Gasteiger partial charge in [0.2, 0.25) is 0 Å². The van der Waals surface area contributed by atoms with E-state index in [0.717, 1.165) is 11.3 Å². The highest BCUT2D eigenvalue weighted by Gasteiger charge is 2.13. The second kappa shape index (κ2) is 4.62. The molecule has 2 rings (SSSR count). The van der Waals surface area contributed by atoms with Crippen LogP contribution in [0, 0.1) is 0 Å². The first-order valence-corrected chi connectivity index (χ1v) is 5.55. The summed E-state index contributed by atoms with van der Waals surface area (Å²) < 4.78 is 11.1. The highest BCUT2D eigenvalue weighted by Crippen LogP contribution is 2.36. The highest BCUT2D eigenvalue weighted by molar-refractivity contribution is 6.32. The number of hydrogen-bond acceptors (Lipinski definition) is 2. The van der Waals surface area contributed by atoms with E-state index in [0.29, 0.717) is 10.8 Å². The van der Waals surface area contributed by atoms with Crippen LogP contribution in [0.2, 0.25) is 5.02 Å². The maximum Gasteiger partial charge on any atom is 0.149 e. The first-order chi connectivity index (χ1) is 7.68. The van der Waals surface area contributed by atoms with E-state index in [9.17, 15) is 0 Å². The molecule has 2 aromatic rings. The predicted octanol–water partition coefficient (Wildman–Crippen LogP) is 4.39. The van der Waals surface area contributed by atoms with Crippen molar-refractivity contribution in [2.24, 2.45) is 0 Å². The number of halogens is 1. The topological polar surface area (TPSA) is 22.4 Å². The molecule has 1 heterocycles. The van der Waals surface area contributed by atoms with Crippen molar-refractivity contribution >= 4 is 11.6 Å². The van der Waals surface area contributed by atoms with E-state index in [2.05, 4.69) is 0 Å². The average Bonchev–Trinajstić information content (AvgIpc) is 2.73. The van der Waals surface area contributed by atoms with Crippen molar-refractivity contribution in [3.05, 3.63) is 41.6 Å². The quantitative estimate of drug-likeness (QED) is 0.789. The predicted molar refractivity (Wildman–Crippen MR) is 64.9 cm³/mol. The minimum Gasteiger partial charge on any atom is -0.489 e. The summed E-state index contributed by atoms with van der Waals surface area (Å²) >= 11 is 6.12. The molecule has 0 spiro atoms. The van der Waals surface area contributed by atoms with E-state index in [1.54, 1.807) is 6.26 Å². The molecule has 0 aliphatic heterocycles. The van der Waals surface area contributed by atoms with E-state index in [1.807, 2.05) is 44.2 Å². The van der Waals surface area contributed by atoms with Gasteiger partial charge in [0.1, 0.15) is 11.5 Å². The van der Waals surface area contributed by atoms with Crippen LogP contribution < -0.4 is 4.74 Å². The van der Waals surface area contributed by atoms with Crippen LogP contribution in [0.15, 0.2) is 41.0 Å². The van der Waals surface area contributed by atoms with Crippen molar-refractivity contribution in [1.29, 1.82) is 0 Å². The van der Waals surface area contributed by atoms with Gasteiger partial charge in [-0.15, -0.1) is 0 Å². The van der Waals surface area contributed by atoms with Gasteiger partial charge in [0.25, 0.3) is 0 Å². The molecule has 0 radical (unpaired) electrons. The lowest BCUT2D eigenvalue weighted by atomic mass is 10.1. The maximum atomic E-state index is 6.12. The van der Waals surface area contributed by atoms with Crippen molar-refractivity contribution in [3.63, 3.8) is 0 Å². The third kappa shape index (κ3) is 2.22. The fourth-order valence-electron chi connectivity index (χ4n) is 1.49. The smallest absolute Gasteiger partial charge is 0.149 e. The molecule has 0 N–H and O–H groups in total. The summed E-state index contributed by atoms with van der Waals surface area (Å²) in [5.41, 5.74) is 0.881. The first-order valence-electron chi connectivity index (χ1n) is 5.17. The zero-order valence-electron chi connectivity index (χ0n) is 9.24. The minimum atomic E-state index is 0.0774. The van der Waals surface area contributed by atoms with Gasteiger partial charge in [-0.1, -0.05) is 17.7 Å². The molecule has 0 saturated carbocycles. The normalized spacial score (nSPS) is 10.8. The van der Waals surface area contributed by atoms with E-state index < -0.39 is 0 Å². The fraction of sp³-hybridized carbons (Fsp3) is 0.231. The summed E-state index contributed by atoms with van der Waals surface area (Å²) in [4.78, 5) is 0. The number of hydrogen-bond donors (Lipinski definition) is 0. The van der Waals surface area contributed by atoms with Gasteiger partial charge in [-0.05, 0) is 38.1 Å². The molecular formula is C13H13ClO2. The lowest BCUT2D eigenvalue weighted by molar-refractivity contribution is 0.243. The van der Waals surface area contributed by atoms with Gasteiger partial charge in [-0.3, -0.25) is 0 Å². The minimum absolute atomic E-state index is 0.0774. The van der Waals surface area contributed by atoms with Crippen LogP contribution in [0.4, 0.5) is 0 Å². The molecule has 0 aliphatic carbocycles. The summed E-state index contributed by atoms with van der Waals surface area (Å²) in [6.45, 7) is 3.94. The Labute approximate surface area is 99.8 Å². The summed E-state index contributed by atoms with van der Waals surface area (Å²) in [5, 5.41) is 0.600. The average molecular weight is 237 g/mol. The maximum absolute atomic E-state index is 6.12. The summed E-state index contributed by atoms with van der Waals surface area (Å²) in [6, 6.07) is 9.36. The van der Waals surface area contributed by atoms with E-state index in [4.69, 9.17) is 20.8 Å². The Morgan fingerprint density at radius 1 is 1.19 bits per heavy atom. The molecule has 0 saturated heterocycles. The third-order valence-corrected chi connectivity index (χ3v) is 2.40. The number of rotatable bonds is 3. The number of ether oxygens (including phenoxy) is 1. The van der Waals surface area contributed by atoms with Crippen LogP contribution in [-0.2, 0) is 0 Å². The van der Waals surface area contributed by atoms with Crippen LogP contribution >= 0.6 is 11.6 Å². The van der Waals surface area contributed by atoms with Gasteiger partial charge in [0, 0.05) is 0 Å². The van der Waals surface area contributed by atoms with Crippen LogP contribution in [-0.4, -0.2) is 6.10 Å². The molecule has 0 bridgehead atoms. The van der Waals surface area contributed by atoms with Crippen molar-refractivity contribution in [1.82, 2.24) is 0 Å². The number of benzene rings is 1. The Kier molecular flexibility index (Phi) is 3.20. The molecule has 0 fully saturated rings. The molecular weight excluding hydrogens is 224 g/mol. The van der Waals surface area contributed by atoms with Crippen molar-refractivity contribution in [2.75, 3.05) is 0 Å². The second-order valence-electron chi connectivity index (χ2n) is 3.76. The summed E-state index contributed by atoms with van der Waals surface area (Å²) in [7, 11) is 0. The van der Waals surface area contributed by atoms with E-state index >= 15 is 0 Å². The third-order valence-electron chi connectivity index (χ3n) is 2.11. The lowest BCUT2D eigenvalue weighted by Gasteiger charge is -2.14. The van der Waals surface area contributed by atoms with Gasteiger partial charge >= 0.3 is 0 Å². The summed E-state index contributed by atoms with van der Waals surface area (Å²) in [5.74, 6) is 1.44. The van der Waals surface area contributed by atoms with Crippen LogP contribution in [0.1, 0.15) is 13.8 Å². The Morgan fingerprint density at radius 3 is 2.62 bits per heavy atom. The molecule has 0 unspecified atom stereocenters. The Hall–Kier alpha value is -1.41. The standard InChI is InChI=1S/C13H13ClO2/c1-9(2)16-13-10(5-3-6-11(13)14)12-7-4-8-15-12/h3-9H,1-2H3. The van der Waals surface area contributed by atoms with Crippen molar-refractivity contribution < 1.29 is 9.15 Å². The van der Waals surface area contributed by atoms with Crippen molar-refractivity contribution in [2.45, 2.75) is 20.0 Å². The first kappa shape index (κ1) is 11.1. The molecule has 84 valence electrons. The second-order valence-corrected chi connectivity index (χ2v) is 4.17. The molecule has 0 amide bonds. The monoisotopic (exact) mass is 236 g/mol. The van der Waals surface area contributed by atoms with Crippen LogP contribution in [0.5, 0.6) is 5.75 Å². The Morgan fingerprint density at radius 2 is 2.00 bits per heavy atom. The van der Waals surface area contributed by atoms with Crippen molar-refractivity contribution in [3.8, 4) is 17.1 Å². The number of furan rings is 1. The lowest BCUT2D eigenvalue weighted by Crippen LogP contribution is -2.06. The van der Waals surface area contributed by atoms with Gasteiger partial charge in [0.05, 0.1) is 23.0 Å². The van der Waals surface area contributed by atoms with Gasteiger partial charge in [0.15, 0.2) is 0 Å². The highest BCUT2D eigenvalue weighted by atomic mass is 35.5. The molecule has 0 aliphatic rings. The Bertz CT molecular complexity index is 461. The molecule has 0 atom stereocenters. The van der Waals surface area contributed by atoms with E-state index in [-0.39, 0.29) is 6.10 Å². The van der Waals surface area contributed by atoms with Gasteiger partial charge < -0.3 is 9.15 Å². The molecule has 3 heteroatoms. The largest absolute Gasteiger partial charge is 0.489 e. The molecule has 1 aromatic heterocycles. The SMILES string of the molecule is CC(C)Oc1c(Cl)cccc1-c1ccco1. The molecule has 16 heavy (non-hydrogen) atoms. The van der Waals surface area contributed by atoms with E-state index in [1.165, 1.54) is 0 Å². The zero-order chi connectivity index (χ0) is 11.5. The Balaban J connectivity index is 2.48.